The number of hydrogen-bond donors (Lipinski definition) is 2. The summed E-state index contributed by atoms with van der Waals surface area (Å²) in [4.78, 5) is 2.43. The molecule has 1 fully saturated rings. The minimum Gasteiger partial charge on any atom is -0.390 e. The van der Waals surface area contributed by atoms with Crippen molar-refractivity contribution in [1.82, 2.24) is 4.90 Å². The third kappa shape index (κ3) is 3.95. The highest BCUT2D eigenvalue weighted by atomic mass is 16.3. The van der Waals surface area contributed by atoms with E-state index < -0.39 is 5.60 Å². The molecule has 0 amide bonds. The predicted molar refractivity (Wildman–Crippen MR) is 59.2 cm³/mol. The molecule has 0 aromatic rings. The van der Waals surface area contributed by atoms with E-state index >= 15 is 0 Å². The quantitative estimate of drug-likeness (QED) is 0.713. The fourth-order valence-corrected chi connectivity index (χ4v) is 2.01. The lowest BCUT2D eigenvalue weighted by atomic mass is 9.97. The third-order valence-electron chi connectivity index (χ3n) is 3.07. The van der Waals surface area contributed by atoms with Gasteiger partial charge in [-0.05, 0) is 46.6 Å². The molecule has 0 aromatic heterocycles. The molecule has 3 N–H and O–H groups in total. The van der Waals surface area contributed by atoms with Crippen LogP contribution in [0.1, 0.15) is 40.0 Å². The molecule has 0 bridgehead atoms. The fraction of sp³-hybridized carbons (Fsp3) is 1.00. The second-order valence-corrected chi connectivity index (χ2v) is 5.23. The SMILES string of the molecule is CC1CC(N)CCN1CCC(C)(C)O. The second-order valence-electron chi connectivity index (χ2n) is 5.23. The number of likely N-dealkylation sites (tertiary alicyclic amines) is 1. The van der Waals surface area contributed by atoms with E-state index in [0.29, 0.717) is 12.1 Å². The van der Waals surface area contributed by atoms with Crippen LogP contribution in [0.5, 0.6) is 0 Å². The van der Waals surface area contributed by atoms with Crippen molar-refractivity contribution in [3.8, 4) is 0 Å². The van der Waals surface area contributed by atoms with Gasteiger partial charge in [-0.15, -0.1) is 0 Å². The van der Waals surface area contributed by atoms with E-state index in [1.807, 2.05) is 13.8 Å². The Morgan fingerprint density at radius 1 is 1.50 bits per heavy atom. The molecule has 1 saturated heterocycles. The molecule has 3 heteroatoms. The second kappa shape index (κ2) is 4.60. The minimum absolute atomic E-state index is 0.378. The smallest absolute Gasteiger partial charge is 0.0603 e. The van der Waals surface area contributed by atoms with E-state index in [1.54, 1.807) is 0 Å². The van der Waals surface area contributed by atoms with Crippen LogP contribution in [-0.2, 0) is 0 Å². The molecule has 1 aliphatic heterocycles. The van der Waals surface area contributed by atoms with Gasteiger partial charge in [0.15, 0.2) is 0 Å². The van der Waals surface area contributed by atoms with Gasteiger partial charge in [-0.2, -0.15) is 0 Å². The molecule has 0 aromatic carbocycles. The lowest BCUT2D eigenvalue weighted by Crippen LogP contribution is -2.46. The predicted octanol–water partition coefficient (Wildman–Crippen LogP) is 0.959. The van der Waals surface area contributed by atoms with Gasteiger partial charge >= 0.3 is 0 Å². The zero-order chi connectivity index (χ0) is 10.8. The van der Waals surface area contributed by atoms with E-state index in [0.717, 1.165) is 32.4 Å². The average molecular weight is 200 g/mol. The van der Waals surface area contributed by atoms with E-state index in [9.17, 15) is 5.11 Å². The largest absolute Gasteiger partial charge is 0.390 e. The molecule has 1 rings (SSSR count). The first-order chi connectivity index (χ1) is 6.38. The van der Waals surface area contributed by atoms with Crippen molar-refractivity contribution in [3.05, 3.63) is 0 Å². The number of piperidine rings is 1. The maximum Gasteiger partial charge on any atom is 0.0603 e. The Labute approximate surface area is 87.3 Å². The first-order valence-electron chi connectivity index (χ1n) is 5.60. The van der Waals surface area contributed by atoms with Crippen molar-refractivity contribution < 1.29 is 5.11 Å². The first-order valence-corrected chi connectivity index (χ1v) is 5.60. The zero-order valence-electron chi connectivity index (χ0n) is 9.66. The monoisotopic (exact) mass is 200 g/mol. The molecule has 14 heavy (non-hydrogen) atoms. The van der Waals surface area contributed by atoms with Gasteiger partial charge < -0.3 is 15.7 Å². The number of nitrogens with two attached hydrogens (primary N) is 1. The average Bonchev–Trinajstić information content (AvgIpc) is 2.00. The van der Waals surface area contributed by atoms with Crippen molar-refractivity contribution in [1.29, 1.82) is 0 Å². The van der Waals surface area contributed by atoms with Crippen LogP contribution >= 0.6 is 0 Å². The zero-order valence-corrected chi connectivity index (χ0v) is 9.66. The van der Waals surface area contributed by atoms with Crippen LogP contribution in [-0.4, -0.2) is 40.8 Å². The third-order valence-corrected chi connectivity index (χ3v) is 3.07. The lowest BCUT2D eigenvalue weighted by molar-refractivity contribution is 0.0448. The van der Waals surface area contributed by atoms with Crippen LogP contribution in [0.25, 0.3) is 0 Å². The summed E-state index contributed by atoms with van der Waals surface area (Å²) in [5, 5.41) is 9.64. The molecule has 0 radical (unpaired) electrons. The molecule has 0 aliphatic carbocycles. The maximum absolute atomic E-state index is 9.64. The van der Waals surface area contributed by atoms with Gasteiger partial charge in [-0.3, -0.25) is 0 Å². The molecule has 2 atom stereocenters. The van der Waals surface area contributed by atoms with Gasteiger partial charge in [0, 0.05) is 18.6 Å². The Kier molecular flexibility index (Phi) is 3.93. The molecule has 84 valence electrons. The molecule has 2 unspecified atom stereocenters. The molecular weight excluding hydrogens is 176 g/mol. The van der Waals surface area contributed by atoms with Gasteiger partial charge in [-0.25, -0.2) is 0 Å². The Bertz CT molecular complexity index is 177. The standard InChI is InChI=1S/C11H24N2O/c1-9-8-10(12)4-6-13(9)7-5-11(2,3)14/h9-10,14H,4-8,12H2,1-3H3. The summed E-state index contributed by atoms with van der Waals surface area (Å²) in [6.45, 7) is 8.03. The van der Waals surface area contributed by atoms with Crippen molar-refractivity contribution in [2.45, 2.75) is 57.7 Å². The summed E-state index contributed by atoms with van der Waals surface area (Å²) in [6, 6.07) is 0.949. The minimum atomic E-state index is -0.542. The molecule has 1 heterocycles. The number of nitrogens with zero attached hydrogens (tertiary/aromatic N) is 1. The Morgan fingerprint density at radius 2 is 2.14 bits per heavy atom. The molecule has 0 spiro atoms. The summed E-state index contributed by atoms with van der Waals surface area (Å²) in [5.74, 6) is 0. The summed E-state index contributed by atoms with van der Waals surface area (Å²) >= 11 is 0. The van der Waals surface area contributed by atoms with Gasteiger partial charge in [0.05, 0.1) is 5.60 Å². The van der Waals surface area contributed by atoms with Crippen LogP contribution in [0.4, 0.5) is 0 Å². The van der Waals surface area contributed by atoms with Crippen LogP contribution in [0.2, 0.25) is 0 Å². The van der Waals surface area contributed by atoms with E-state index in [1.165, 1.54) is 0 Å². The van der Waals surface area contributed by atoms with Gasteiger partial charge in [0.2, 0.25) is 0 Å². The van der Waals surface area contributed by atoms with Crippen molar-refractivity contribution >= 4 is 0 Å². The molecule has 0 saturated carbocycles. The van der Waals surface area contributed by atoms with Crippen molar-refractivity contribution in [3.63, 3.8) is 0 Å². The van der Waals surface area contributed by atoms with Crippen LogP contribution in [0.3, 0.4) is 0 Å². The van der Waals surface area contributed by atoms with Crippen LogP contribution in [0, 0.1) is 0 Å². The molecular formula is C11H24N2O. The highest BCUT2D eigenvalue weighted by molar-refractivity contribution is 4.81. The Morgan fingerprint density at radius 3 is 2.64 bits per heavy atom. The van der Waals surface area contributed by atoms with E-state index in [-0.39, 0.29) is 0 Å². The van der Waals surface area contributed by atoms with Crippen LogP contribution in [0.15, 0.2) is 0 Å². The van der Waals surface area contributed by atoms with Crippen molar-refractivity contribution in [2.75, 3.05) is 13.1 Å². The van der Waals surface area contributed by atoms with E-state index in [4.69, 9.17) is 5.73 Å². The lowest BCUT2D eigenvalue weighted by Gasteiger charge is -2.37. The first kappa shape index (κ1) is 12.0. The van der Waals surface area contributed by atoms with Gasteiger partial charge in [0.1, 0.15) is 0 Å². The normalized spacial score (nSPS) is 30.6. The van der Waals surface area contributed by atoms with E-state index in [2.05, 4.69) is 11.8 Å². The Balaban J connectivity index is 2.31. The summed E-state index contributed by atoms with van der Waals surface area (Å²) in [7, 11) is 0. The van der Waals surface area contributed by atoms with Gasteiger partial charge in [0.25, 0.3) is 0 Å². The Hall–Kier alpha value is -0.120. The highest BCUT2D eigenvalue weighted by Crippen LogP contribution is 2.18. The van der Waals surface area contributed by atoms with Crippen LogP contribution < -0.4 is 5.73 Å². The topological polar surface area (TPSA) is 49.5 Å². The summed E-state index contributed by atoms with van der Waals surface area (Å²) in [6.07, 6.45) is 3.02. The summed E-state index contributed by atoms with van der Waals surface area (Å²) < 4.78 is 0. The number of aliphatic hydroxyl groups is 1. The fourth-order valence-electron chi connectivity index (χ4n) is 2.01. The van der Waals surface area contributed by atoms with Crippen molar-refractivity contribution in [2.24, 2.45) is 5.73 Å². The highest BCUT2D eigenvalue weighted by Gasteiger charge is 2.24. The maximum atomic E-state index is 9.64. The number of hydrogen-bond acceptors (Lipinski definition) is 3. The molecule has 1 aliphatic rings. The summed E-state index contributed by atoms with van der Waals surface area (Å²) in [5.41, 5.74) is 5.35. The van der Waals surface area contributed by atoms with Gasteiger partial charge in [-0.1, -0.05) is 0 Å². The molecule has 3 nitrogen and oxygen atoms in total. The number of rotatable bonds is 3.